The second kappa shape index (κ2) is 6.79. The molecular formula is C14H19NO3. The Hall–Kier alpha value is -1.84. The van der Waals surface area contributed by atoms with Crippen LogP contribution in [0.3, 0.4) is 0 Å². The quantitative estimate of drug-likeness (QED) is 0.814. The molecule has 0 spiro atoms. The molecule has 0 aliphatic rings. The van der Waals surface area contributed by atoms with Crippen LogP contribution >= 0.6 is 0 Å². The molecule has 0 saturated heterocycles. The zero-order valence-electron chi connectivity index (χ0n) is 10.8. The summed E-state index contributed by atoms with van der Waals surface area (Å²) in [5.41, 5.74) is 1.22. The van der Waals surface area contributed by atoms with E-state index in [0.717, 1.165) is 6.42 Å². The predicted octanol–water partition coefficient (Wildman–Crippen LogP) is 2.69. The molecule has 18 heavy (non-hydrogen) atoms. The number of hydrogen-bond donors (Lipinski definition) is 2. The summed E-state index contributed by atoms with van der Waals surface area (Å²) in [4.78, 5) is 22.4. The molecule has 1 aromatic carbocycles. The van der Waals surface area contributed by atoms with Gasteiger partial charge in [-0.25, -0.2) is 0 Å². The van der Waals surface area contributed by atoms with Crippen LogP contribution < -0.4 is 5.32 Å². The number of nitrogens with one attached hydrogen (secondary N) is 1. The lowest BCUT2D eigenvalue weighted by Crippen LogP contribution is -2.14. The molecule has 0 bridgehead atoms. The average molecular weight is 249 g/mol. The molecule has 4 heteroatoms. The molecule has 0 fully saturated rings. The Labute approximate surface area is 107 Å². The number of benzene rings is 1. The van der Waals surface area contributed by atoms with Crippen LogP contribution in [0.4, 0.5) is 5.69 Å². The molecule has 1 amide bonds. The minimum absolute atomic E-state index is 0.0680. The smallest absolute Gasteiger partial charge is 0.307 e. The Morgan fingerprint density at radius 3 is 2.56 bits per heavy atom. The van der Waals surface area contributed by atoms with Gasteiger partial charge < -0.3 is 10.4 Å². The molecule has 0 radical (unpaired) electrons. The van der Waals surface area contributed by atoms with Crippen LogP contribution in [0.1, 0.15) is 32.3 Å². The number of aliphatic carboxylic acids is 1. The average Bonchev–Trinajstić information content (AvgIpc) is 2.28. The van der Waals surface area contributed by atoms with Gasteiger partial charge in [-0.05, 0) is 24.0 Å². The van der Waals surface area contributed by atoms with E-state index in [1.165, 1.54) is 0 Å². The van der Waals surface area contributed by atoms with Crippen LogP contribution in [-0.4, -0.2) is 17.0 Å². The molecule has 98 valence electrons. The van der Waals surface area contributed by atoms with Gasteiger partial charge in [0, 0.05) is 12.1 Å². The van der Waals surface area contributed by atoms with Gasteiger partial charge in [0.1, 0.15) is 0 Å². The molecular weight excluding hydrogens is 230 g/mol. The zero-order valence-corrected chi connectivity index (χ0v) is 10.8. The van der Waals surface area contributed by atoms with Crippen LogP contribution in [0, 0.1) is 5.92 Å². The van der Waals surface area contributed by atoms with E-state index in [2.05, 4.69) is 19.2 Å². The van der Waals surface area contributed by atoms with E-state index in [1.54, 1.807) is 24.3 Å². The van der Waals surface area contributed by atoms with Gasteiger partial charge in [-0.15, -0.1) is 0 Å². The highest BCUT2D eigenvalue weighted by molar-refractivity contribution is 5.92. The summed E-state index contributed by atoms with van der Waals surface area (Å²) in [6.07, 6.45) is 1.20. The summed E-state index contributed by atoms with van der Waals surface area (Å²) < 4.78 is 0. The fourth-order valence-corrected chi connectivity index (χ4v) is 1.59. The van der Waals surface area contributed by atoms with Gasteiger partial charge in [-0.1, -0.05) is 32.0 Å². The summed E-state index contributed by atoms with van der Waals surface area (Å²) in [5.74, 6) is -0.495. The first-order chi connectivity index (χ1) is 8.49. The van der Waals surface area contributed by atoms with E-state index >= 15 is 0 Å². The van der Waals surface area contributed by atoms with Crippen LogP contribution in [0.2, 0.25) is 0 Å². The molecule has 0 heterocycles. The third-order valence-corrected chi connectivity index (χ3v) is 2.58. The van der Waals surface area contributed by atoms with E-state index in [1.807, 2.05) is 0 Å². The number of anilines is 1. The molecule has 1 aromatic rings. The van der Waals surface area contributed by atoms with Crippen molar-refractivity contribution < 1.29 is 14.7 Å². The molecule has 0 aromatic heterocycles. The summed E-state index contributed by atoms with van der Waals surface area (Å²) in [6.45, 7) is 4.12. The number of carbonyl (C=O) groups excluding carboxylic acids is 1. The van der Waals surface area contributed by atoms with Crippen LogP contribution in [-0.2, 0) is 16.0 Å². The predicted molar refractivity (Wildman–Crippen MR) is 70.5 cm³/mol. The number of carbonyl (C=O) groups is 2. The summed E-state index contributed by atoms with van der Waals surface area (Å²) >= 11 is 0. The third-order valence-electron chi connectivity index (χ3n) is 2.58. The van der Waals surface area contributed by atoms with Gasteiger partial charge in [0.15, 0.2) is 0 Å². The van der Waals surface area contributed by atoms with E-state index < -0.39 is 5.97 Å². The Morgan fingerprint density at radius 1 is 1.28 bits per heavy atom. The van der Waals surface area contributed by atoms with Crippen molar-refractivity contribution in [3.63, 3.8) is 0 Å². The highest BCUT2D eigenvalue weighted by atomic mass is 16.4. The van der Waals surface area contributed by atoms with Crippen molar-refractivity contribution in [2.75, 3.05) is 5.32 Å². The number of rotatable bonds is 6. The third kappa shape index (κ3) is 4.99. The molecule has 0 unspecified atom stereocenters. The van der Waals surface area contributed by atoms with E-state index in [4.69, 9.17) is 5.11 Å². The lowest BCUT2D eigenvalue weighted by Gasteiger charge is -2.10. The molecule has 0 aliphatic carbocycles. The monoisotopic (exact) mass is 249 g/mol. The van der Waals surface area contributed by atoms with E-state index in [-0.39, 0.29) is 12.3 Å². The SMILES string of the molecule is CC(C)CCC(=O)Nc1ccccc1CC(=O)O. The summed E-state index contributed by atoms with van der Waals surface area (Å²) in [6, 6.07) is 6.99. The van der Waals surface area contributed by atoms with Crippen molar-refractivity contribution in [1.82, 2.24) is 0 Å². The van der Waals surface area contributed by atoms with Gasteiger partial charge in [-0.3, -0.25) is 9.59 Å². The molecule has 2 N–H and O–H groups in total. The largest absolute Gasteiger partial charge is 0.481 e. The number of carboxylic acids is 1. The topological polar surface area (TPSA) is 66.4 Å². The standard InChI is InChI=1S/C14H19NO3/c1-10(2)7-8-13(16)15-12-6-4-3-5-11(12)9-14(17)18/h3-6,10H,7-9H2,1-2H3,(H,15,16)(H,17,18). The Bertz CT molecular complexity index is 427. The maximum absolute atomic E-state index is 11.7. The Kier molecular flexibility index (Phi) is 5.36. The molecule has 0 aliphatic heterocycles. The maximum atomic E-state index is 11.7. The van der Waals surface area contributed by atoms with Gasteiger partial charge in [0.2, 0.25) is 5.91 Å². The first kappa shape index (κ1) is 14.2. The second-order valence-corrected chi connectivity index (χ2v) is 4.71. The van der Waals surface area contributed by atoms with Crippen molar-refractivity contribution in [2.45, 2.75) is 33.1 Å². The summed E-state index contributed by atoms with van der Waals surface area (Å²) in [5, 5.41) is 11.6. The fourth-order valence-electron chi connectivity index (χ4n) is 1.59. The lowest BCUT2D eigenvalue weighted by atomic mass is 10.1. The zero-order chi connectivity index (χ0) is 13.5. The Morgan fingerprint density at radius 2 is 1.94 bits per heavy atom. The van der Waals surface area contributed by atoms with Gasteiger partial charge in [0.25, 0.3) is 0 Å². The molecule has 4 nitrogen and oxygen atoms in total. The number of hydrogen-bond acceptors (Lipinski definition) is 2. The van der Waals surface area contributed by atoms with Crippen molar-refractivity contribution in [1.29, 1.82) is 0 Å². The summed E-state index contributed by atoms with van der Waals surface area (Å²) in [7, 11) is 0. The fraction of sp³-hybridized carbons (Fsp3) is 0.429. The van der Waals surface area contributed by atoms with Gasteiger partial charge >= 0.3 is 5.97 Å². The first-order valence-corrected chi connectivity index (χ1v) is 6.08. The minimum atomic E-state index is -0.904. The van der Waals surface area contributed by atoms with Crippen LogP contribution in [0.25, 0.3) is 0 Å². The van der Waals surface area contributed by atoms with Crippen molar-refractivity contribution in [3.05, 3.63) is 29.8 Å². The van der Waals surface area contributed by atoms with Crippen LogP contribution in [0.5, 0.6) is 0 Å². The molecule has 0 saturated carbocycles. The van der Waals surface area contributed by atoms with Gasteiger partial charge in [0.05, 0.1) is 6.42 Å². The van der Waals surface area contributed by atoms with Gasteiger partial charge in [-0.2, -0.15) is 0 Å². The normalized spacial score (nSPS) is 10.4. The van der Waals surface area contributed by atoms with Crippen molar-refractivity contribution >= 4 is 17.6 Å². The molecule has 0 atom stereocenters. The van der Waals surface area contributed by atoms with Crippen molar-refractivity contribution in [3.8, 4) is 0 Å². The number of carboxylic acid groups (broad SMARTS) is 1. The van der Waals surface area contributed by atoms with Crippen molar-refractivity contribution in [2.24, 2.45) is 5.92 Å². The maximum Gasteiger partial charge on any atom is 0.307 e. The molecule has 1 rings (SSSR count). The lowest BCUT2D eigenvalue weighted by molar-refractivity contribution is -0.136. The van der Waals surface area contributed by atoms with Crippen LogP contribution in [0.15, 0.2) is 24.3 Å². The highest BCUT2D eigenvalue weighted by Gasteiger charge is 2.09. The Balaban J connectivity index is 2.65. The number of amides is 1. The minimum Gasteiger partial charge on any atom is -0.481 e. The number of para-hydroxylation sites is 1. The highest BCUT2D eigenvalue weighted by Crippen LogP contribution is 2.16. The van der Waals surface area contributed by atoms with E-state index in [0.29, 0.717) is 23.6 Å². The second-order valence-electron chi connectivity index (χ2n) is 4.71. The first-order valence-electron chi connectivity index (χ1n) is 6.08. The van der Waals surface area contributed by atoms with E-state index in [9.17, 15) is 9.59 Å².